The van der Waals surface area contributed by atoms with E-state index >= 15 is 0 Å². The van der Waals surface area contributed by atoms with Gasteiger partial charge in [-0.05, 0) is 12.8 Å². The minimum absolute atomic E-state index is 0.244. The van der Waals surface area contributed by atoms with Crippen molar-refractivity contribution in [3.8, 4) is 0 Å². The molecule has 0 atom stereocenters. The third kappa shape index (κ3) is 2.81. The molecule has 0 spiro atoms. The Morgan fingerprint density at radius 3 is 1.94 bits per heavy atom. The number of hydrogen-bond acceptors (Lipinski definition) is 3. The van der Waals surface area contributed by atoms with Gasteiger partial charge in [-0.2, -0.15) is 0 Å². The Hall–Kier alpha value is -1.39. The number of rotatable bonds is 1. The Labute approximate surface area is 94.7 Å². The first kappa shape index (κ1) is 11.1. The third-order valence-corrected chi connectivity index (χ3v) is 3.06. The van der Waals surface area contributed by atoms with E-state index in [4.69, 9.17) is 0 Å². The number of aliphatic imine (C=N–C) groups is 1. The first-order valence-electron chi connectivity index (χ1n) is 5.96. The molecule has 2 rings (SSSR count). The summed E-state index contributed by atoms with van der Waals surface area (Å²) in [5.74, 6) is -0.880. The maximum absolute atomic E-state index is 10.9. The van der Waals surface area contributed by atoms with E-state index in [2.05, 4.69) is 15.6 Å². The van der Waals surface area contributed by atoms with Crippen molar-refractivity contribution in [2.75, 3.05) is 0 Å². The summed E-state index contributed by atoms with van der Waals surface area (Å²) in [6.07, 6.45) is 8.31. The molecular formula is C11H17N3O2. The molecule has 2 aliphatic rings. The van der Waals surface area contributed by atoms with Crippen LogP contribution in [0, 0.1) is 0 Å². The van der Waals surface area contributed by atoms with E-state index in [1.807, 2.05) is 0 Å². The Kier molecular flexibility index (Phi) is 3.54. The summed E-state index contributed by atoms with van der Waals surface area (Å²) < 4.78 is 0. The van der Waals surface area contributed by atoms with Crippen molar-refractivity contribution in [2.24, 2.45) is 4.99 Å². The number of carbonyl (C=O) groups excluding carboxylic acids is 2. The number of carbonyl (C=O) groups is 2. The Morgan fingerprint density at radius 2 is 1.38 bits per heavy atom. The van der Waals surface area contributed by atoms with E-state index < -0.39 is 11.8 Å². The maximum atomic E-state index is 10.9. The fraction of sp³-hybridized carbons (Fsp3) is 0.727. The third-order valence-electron chi connectivity index (χ3n) is 3.06. The van der Waals surface area contributed by atoms with E-state index in [-0.39, 0.29) is 6.04 Å². The van der Waals surface area contributed by atoms with Gasteiger partial charge in [0, 0.05) is 0 Å². The van der Waals surface area contributed by atoms with Crippen LogP contribution in [0.25, 0.3) is 0 Å². The molecule has 1 aliphatic carbocycles. The van der Waals surface area contributed by atoms with Crippen molar-refractivity contribution in [2.45, 2.75) is 51.0 Å². The van der Waals surface area contributed by atoms with Crippen LogP contribution in [-0.2, 0) is 9.59 Å². The molecule has 1 saturated heterocycles. The summed E-state index contributed by atoms with van der Waals surface area (Å²) in [6.45, 7) is 0. The molecule has 1 saturated carbocycles. The van der Waals surface area contributed by atoms with Gasteiger partial charge in [0.2, 0.25) is 5.96 Å². The van der Waals surface area contributed by atoms with Gasteiger partial charge in [0.15, 0.2) is 0 Å². The van der Waals surface area contributed by atoms with Crippen molar-refractivity contribution in [1.29, 1.82) is 0 Å². The largest absolute Gasteiger partial charge is 0.316 e. The normalized spacial score (nSPS) is 23.4. The molecule has 0 aromatic heterocycles. The number of nitrogens with one attached hydrogen (secondary N) is 2. The van der Waals surface area contributed by atoms with E-state index in [1.54, 1.807) is 0 Å². The van der Waals surface area contributed by atoms with E-state index in [1.165, 1.54) is 32.1 Å². The highest BCUT2D eigenvalue weighted by Crippen LogP contribution is 2.19. The Balaban J connectivity index is 1.93. The molecule has 2 N–H and O–H groups in total. The summed E-state index contributed by atoms with van der Waals surface area (Å²) in [7, 11) is 0. The molecule has 0 aromatic rings. The molecular weight excluding hydrogens is 206 g/mol. The van der Waals surface area contributed by atoms with Crippen molar-refractivity contribution >= 4 is 17.8 Å². The minimum atomic E-state index is -0.607. The minimum Gasteiger partial charge on any atom is -0.288 e. The lowest BCUT2D eigenvalue weighted by Gasteiger charge is -2.16. The molecule has 0 radical (unpaired) electrons. The van der Waals surface area contributed by atoms with Crippen molar-refractivity contribution in [3.05, 3.63) is 0 Å². The smallest absolute Gasteiger partial charge is 0.288 e. The molecule has 1 aliphatic heterocycles. The molecule has 88 valence electrons. The monoisotopic (exact) mass is 223 g/mol. The standard InChI is InChI=1S/C11H17N3O2/c15-9-10(16)14-11(13-9)12-8-6-4-2-1-3-5-7-8/h8H,1-7H2,(H2,12,13,14,15,16). The number of hydrogen-bond donors (Lipinski definition) is 2. The van der Waals surface area contributed by atoms with Crippen LogP contribution in [0.4, 0.5) is 0 Å². The van der Waals surface area contributed by atoms with Crippen LogP contribution in [0.2, 0.25) is 0 Å². The van der Waals surface area contributed by atoms with E-state index in [9.17, 15) is 9.59 Å². The zero-order valence-electron chi connectivity index (χ0n) is 9.29. The van der Waals surface area contributed by atoms with Crippen LogP contribution in [0.1, 0.15) is 44.9 Å². The first-order chi connectivity index (χ1) is 7.75. The second-order valence-corrected chi connectivity index (χ2v) is 4.38. The van der Waals surface area contributed by atoms with Crippen molar-refractivity contribution < 1.29 is 9.59 Å². The fourth-order valence-corrected chi connectivity index (χ4v) is 2.17. The van der Waals surface area contributed by atoms with Gasteiger partial charge >= 0.3 is 11.8 Å². The summed E-state index contributed by atoms with van der Waals surface area (Å²) in [4.78, 5) is 26.3. The van der Waals surface area contributed by atoms with Gasteiger partial charge in [-0.1, -0.05) is 32.1 Å². The first-order valence-corrected chi connectivity index (χ1v) is 5.96. The average Bonchev–Trinajstić information content (AvgIpc) is 2.50. The number of amides is 2. The van der Waals surface area contributed by atoms with Gasteiger partial charge in [-0.3, -0.25) is 20.2 Å². The van der Waals surface area contributed by atoms with Gasteiger partial charge < -0.3 is 0 Å². The Morgan fingerprint density at radius 1 is 0.875 bits per heavy atom. The predicted octanol–water partition coefficient (Wildman–Crippen LogP) is 0.701. The fourth-order valence-electron chi connectivity index (χ4n) is 2.17. The van der Waals surface area contributed by atoms with Crippen LogP contribution < -0.4 is 10.6 Å². The number of nitrogens with zero attached hydrogens (tertiary/aromatic N) is 1. The SMILES string of the molecule is O=C1NC(=NC2CCCCCCC2)NC1=O. The van der Waals surface area contributed by atoms with Crippen molar-refractivity contribution in [3.63, 3.8) is 0 Å². The molecule has 0 aromatic carbocycles. The van der Waals surface area contributed by atoms with Gasteiger partial charge in [-0.25, -0.2) is 4.99 Å². The molecule has 2 fully saturated rings. The van der Waals surface area contributed by atoms with Gasteiger partial charge in [0.25, 0.3) is 0 Å². The summed E-state index contributed by atoms with van der Waals surface area (Å²) in [6, 6.07) is 0.244. The predicted molar refractivity (Wildman–Crippen MR) is 59.8 cm³/mol. The van der Waals surface area contributed by atoms with Crippen LogP contribution in [0.5, 0.6) is 0 Å². The molecule has 5 heteroatoms. The average molecular weight is 223 g/mol. The highest BCUT2D eigenvalue weighted by Gasteiger charge is 2.26. The van der Waals surface area contributed by atoms with Crippen LogP contribution in [0.3, 0.4) is 0 Å². The van der Waals surface area contributed by atoms with Gasteiger partial charge in [0.05, 0.1) is 6.04 Å². The summed E-state index contributed by atoms with van der Waals surface area (Å²) in [5.41, 5.74) is 0. The zero-order chi connectivity index (χ0) is 11.4. The second-order valence-electron chi connectivity index (χ2n) is 4.38. The molecule has 0 bridgehead atoms. The van der Waals surface area contributed by atoms with E-state index in [0.717, 1.165) is 12.8 Å². The molecule has 2 amide bonds. The molecule has 5 nitrogen and oxygen atoms in total. The molecule has 1 heterocycles. The quantitative estimate of drug-likeness (QED) is 0.642. The number of guanidine groups is 1. The summed E-state index contributed by atoms with van der Waals surface area (Å²) >= 11 is 0. The Bertz CT molecular complexity index is 299. The molecule has 0 unspecified atom stereocenters. The van der Waals surface area contributed by atoms with Gasteiger partial charge in [0.1, 0.15) is 0 Å². The lowest BCUT2D eigenvalue weighted by molar-refractivity contribution is -0.135. The van der Waals surface area contributed by atoms with Gasteiger partial charge in [-0.15, -0.1) is 0 Å². The maximum Gasteiger partial charge on any atom is 0.316 e. The highest BCUT2D eigenvalue weighted by atomic mass is 16.2. The highest BCUT2D eigenvalue weighted by molar-refractivity contribution is 6.45. The lowest BCUT2D eigenvalue weighted by Crippen LogP contribution is -2.28. The molecule has 16 heavy (non-hydrogen) atoms. The zero-order valence-corrected chi connectivity index (χ0v) is 9.29. The summed E-state index contributed by atoms with van der Waals surface area (Å²) in [5, 5.41) is 4.87. The van der Waals surface area contributed by atoms with Crippen molar-refractivity contribution in [1.82, 2.24) is 10.6 Å². The second kappa shape index (κ2) is 5.09. The van der Waals surface area contributed by atoms with Crippen LogP contribution in [-0.4, -0.2) is 23.8 Å². The van der Waals surface area contributed by atoms with E-state index in [0.29, 0.717) is 5.96 Å². The topological polar surface area (TPSA) is 70.6 Å². The van der Waals surface area contributed by atoms with Crippen LogP contribution in [0.15, 0.2) is 4.99 Å². The lowest BCUT2D eigenvalue weighted by atomic mass is 9.97. The van der Waals surface area contributed by atoms with Crippen LogP contribution >= 0.6 is 0 Å².